The van der Waals surface area contributed by atoms with Crippen LogP contribution in [0.2, 0.25) is 5.02 Å². The fraction of sp³-hybridized carbons (Fsp3) is 0.580. The lowest BCUT2D eigenvalue weighted by atomic mass is 9.85. The summed E-state index contributed by atoms with van der Waals surface area (Å²) in [6, 6.07) is 9.16. The minimum Gasteiger partial charge on any atom is -0.490 e. The highest BCUT2D eigenvalue weighted by Gasteiger charge is 2.45. The van der Waals surface area contributed by atoms with E-state index in [1.807, 2.05) is 70.5 Å². The van der Waals surface area contributed by atoms with Gasteiger partial charge in [0.05, 0.1) is 45.3 Å². The molecule has 6 amide bonds. The Kier molecular flexibility index (Phi) is 18.0. The first-order chi connectivity index (χ1) is 32.3. The van der Waals surface area contributed by atoms with Crippen LogP contribution in [0.3, 0.4) is 0 Å². The first-order valence-corrected chi connectivity index (χ1v) is 25.2. The van der Waals surface area contributed by atoms with Gasteiger partial charge in [0.1, 0.15) is 30.5 Å². The molecular formula is C50H69ClN8O8S. The maximum Gasteiger partial charge on any atom is 0.246 e. The molecule has 68 heavy (non-hydrogen) atoms. The predicted octanol–water partition coefficient (Wildman–Crippen LogP) is 5.24. The van der Waals surface area contributed by atoms with Crippen molar-refractivity contribution in [3.05, 3.63) is 69.8 Å². The van der Waals surface area contributed by atoms with Crippen LogP contribution in [0.25, 0.3) is 10.4 Å². The van der Waals surface area contributed by atoms with Crippen molar-refractivity contribution in [2.75, 3.05) is 13.2 Å². The number of hydrogen-bond acceptors (Lipinski definition) is 11. The van der Waals surface area contributed by atoms with E-state index >= 15 is 0 Å². The molecule has 3 aliphatic rings. The van der Waals surface area contributed by atoms with Crippen molar-refractivity contribution >= 4 is 58.4 Å². The average molecular weight is 978 g/mol. The summed E-state index contributed by atoms with van der Waals surface area (Å²) in [5, 5.41) is 20.1. The quantitative estimate of drug-likeness (QED) is 0.0854. The third-order valence-electron chi connectivity index (χ3n) is 13.4. The number of aromatic nitrogens is 1. The number of thiazole rings is 1. The number of rotatable bonds is 19. The number of nitrogens with two attached hydrogens (primary N) is 2. The molecule has 3 fully saturated rings. The number of nitrogens with one attached hydrogen (secondary N) is 3. The standard InChI is InChI=1S/C50H69ClN8O8S/c1-29(31-17-19-33(20-18-31)44-30(2)54-28-68-44)55-47(64)39-25-36(60)26-58(39)49(66)45(50(3,4)5)57-42(62)16-9-6-11-32-12-10-15-40(43(32)51)67-27-34(21-24-41(53)61)56-46(63)38-23-22-35-13-7-8-14-37(52)48(65)59(35)38/h10,12,15,17-20,28-29,34-39,45,60H,6-9,11,13-14,16,21-27,52H2,1-5H3,(H2,53,61)(H,55,64)(H,56,63)(H,57,62)/t29-,34-,35-,36+,37-,38-,39-,45+/m0/s1. The Morgan fingerprint density at radius 1 is 0.956 bits per heavy atom. The average Bonchev–Trinajstić information content (AvgIpc) is 4.04. The molecule has 370 valence electrons. The van der Waals surface area contributed by atoms with Crippen LogP contribution in [0.5, 0.6) is 5.75 Å². The number of aliphatic hydroxyl groups is 1. The van der Waals surface area contributed by atoms with Crippen molar-refractivity contribution in [3.63, 3.8) is 0 Å². The summed E-state index contributed by atoms with van der Waals surface area (Å²) in [5.41, 5.74) is 16.4. The van der Waals surface area contributed by atoms with E-state index < -0.39 is 53.5 Å². The number of aryl methyl sites for hydroxylation is 2. The van der Waals surface area contributed by atoms with Crippen molar-refractivity contribution < 1.29 is 38.6 Å². The van der Waals surface area contributed by atoms with Gasteiger partial charge < -0.3 is 47.1 Å². The molecule has 0 unspecified atom stereocenters. The number of unbranched alkanes of at least 4 members (excludes halogenated alkanes) is 1. The fourth-order valence-corrected chi connectivity index (χ4v) is 10.6. The Hall–Kier alpha value is -5.10. The van der Waals surface area contributed by atoms with Gasteiger partial charge in [-0.25, -0.2) is 4.98 Å². The summed E-state index contributed by atoms with van der Waals surface area (Å²) in [6.07, 6.45) is 5.68. The van der Waals surface area contributed by atoms with E-state index in [4.69, 9.17) is 27.8 Å². The van der Waals surface area contributed by atoms with Crippen molar-refractivity contribution in [3.8, 4) is 16.2 Å². The number of hydrogen-bond donors (Lipinski definition) is 6. The predicted molar refractivity (Wildman–Crippen MR) is 261 cm³/mol. The molecule has 16 nitrogen and oxygen atoms in total. The Morgan fingerprint density at radius 3 is 2.37 bits per heavy atom. The molecule has 8 N–H and O–H groups in total. The maximum absolute atomic E-state index is 14.2. The Morgan fingerprint density at radius 2 is 1.68 bits per heavy atom. The van der Waals surface area contributed by atoms with Crippen LogP contribution in [-0.2, 0) is 35.2 Å². The van der Waals surface area contributed by atoms with Crippen LogP contribution in [0.15, 0.2) is 48.0 Å². The zero-order chi connectivity index (χ0) is 49.3. The zero-order valence-corrected chi connectivity index (χ0v) is 41.5. The lowest BCUT2D eigenvalue weighted by Gasteiger charge is -2.35. The number of benzene rings is 2. The molecule has 4 heterocycles. The minimum atomic E-state index is -0.953. The molecule has 3 aromatic rings. The molecule has 2 aromatic carbocycles. The second-order valence-corrected chi connectivity index (χ2v) is 21.0. The van der Waals surface area contributed by atoms with Gasteiger partial charge in [0.2, 0.25) is 35.4 Å². The number of β-amino-alcohol motifs (C(OH)–C–C–N with tert-alkyl or cyclic N) is 1. The summed E-state index contributed by atoms with van der Waals surface area (Å²) in [6.45, 7) is 9.36. The topological polar surface area (TPSA) is 239 Å². The van der Waals surface area contributed by atoms with Crippen LogP contribution in [0, 0.1) is 12.3 Å². The van der Waals surface area contributed by atoms with Gasteiger partial charge in [0.15, 0.2) is 0 Å². The molecule has 1 aromatic heterocycles. The fourth-order valence-electron chi connectivity index (χ4n) is 9.53. The summed E-state index contributed by atoms with van der Waals surface area (Å²) < 4.78 is 6.15. The second-order valence-electron chi connectivity index (χ2n) is 19.7. The first-order valence-electron chi connectivity index (χ1n) is 24.0. The number of amides is 6. The van der Waals surface area contributed by atoms with Gasteiger partial charge in [-0.15, -0.1) is 11.3 Å². The van der Waals surface area contributed by atoms with E-state index in [1.54, 1.807) is 28.4 Å². The number of carbonyl (C=O) groups excluding carboxylic acids is 6. The SMILES string of the molecule is Cc1ncsc1-c1ccc([C@H](C)NC(=O)[C@@H]2C[C@@H](O)CN2C(=O)[C@@H](NC(=O)CCCCc2cccc(OC[C@H](CCC(N)=O)NC(=O)[C@@H]3CC[C@@H]4CCCC[C@H](N)C(=O)N43)c2Cl)C(C)(C)C)cc1. The van der Waals surface area contributed by atoms with Gasteiger partial charge in [-0.3, -0.25) is 28.8 Å². The molecular weight excluding hydrogens is 908 g/mol. The van der Waals surface area contributed by atoms with Gasteiger partial charge in [-0.05, 0) is 93.4 Å². The molecule has 0 radical (unpaired) electrons. The third kappa shape index (κ3) is 13.4. The lowest BCUT2D eigenvalue weighted by molar-refractivity contribution is -0.144. The van der Waals surface area contributed by atoms with Crippen molar-refractivity contribution in [2.24, 2.45) is 16.9 Å². The molecule has 0 bridgehead atoms. The maximum atomic E-state index is 14.2. The number of aliphatic hydroxyl groups excluding tert-OH is 1. The van der Waals surface area contributed by atoms with Crippen LogP contribution < -0.4 is 32.2 Å². The van der Waals surface area contributed by atoms with E-state index in [2.05, 4.69) is 20.9 Å². The lowest BCUT2D eigenvalue weighted by Crippen LogP contribution is -2.57. The number of fused-ring (bicyclic) bond motifs is 1. The summed E-state index contributed by atoms with van der Waals surface area (Å²) in [4.78, 5) is 88.5. The normalized spacial score (nSPS) is 22.1. The largest absolute Gasteiger partial charge is 0.490 e. The van der Waals surface area contributed by atoms with E-state index in [0.717, 1.165) is 52.9 Å². The number of likely N-dealkylation sites (tertiary alicyclic amines) is 1. The van der Waals surface area contributed by atoms with Gasteiger partial charge in [-0.1, -0.05) is 81.6 Å². The summed E-state index contributed by atoms with van der Waals surface area (Å²) in [5.74, 6) is -1.77. The number of halogens is 1. The number of nitrogens with zero attached hydrogens (tertiary/aromatic N) is 3. The van der Waals surface area contributed by atoms with Gasteiger partial charge in [0.25, 0.3) is 0 Å². The van der Waals surface area contributed by atoms with Crippen LogP contribution in [0.4, 0.5) is 0 Å². The highest BCUT2D eigenvalue weighted by atomic mass is 35.5. The van der Waals surface area contributed by atoms with E-state index in [9.17, 15) is 33.9 Å². The van der Waals surface area contributed by atoms with Gasteiger partial charge in [-0.2, -0.15) is 0 Å². The smallest absolute Gasteiger partial charge is 0.246 e. The van der Waals surface area contributed by atoms with Crippen molar-refractivity contribution in [2.45, 2.75) is 166 Å². The van der Waals surface area contributed by atoms with Crippen molar-refractivity contribution in [1.29, 1.82) is 0 Å². The van der Waals surface area contributed by atoms with Gasteiger partial charge in [0, 0.05) is 31.8 Å². The van der Waals surface area contributed by atoms with E-state index in [-0.39, 0.29) is 74.5 Å². The highest BCUT2D eigenvalue weighted by Crippen LogP contribution is 2.34. The Labute approximate surface area is 408 Å². The molecule has 3 saturated heterocycles. The Balaban J connectivity index is 0.997. The third-order valence-corrected chi connectivity index (χ3v) is 14.8. The van der Waals surface area contributed by atoms with Crippen LogP contribution in [0.1, 0.15) is 128 Å². The number of ether oxygens (including phenoxy) is 1. The van der Waals surface area contributed by atoms with Crippen LogP contribution in [-0.4, -0.2) is 111 Å². The molecule has 18 heteroatoms. The molecule has 0 saturated carbocycles. The van der Waals surface area contributed by atoms with Gasteiger partial charge >= 0.3 is 0 Å². The number of carbonyl (C=O) groups is 6. The monoisotopic (exact) mass is 976 g/mol. The number of primary amides is 1. The molecule has 0 aliphatic carbocycles. The van der Waals surface area contributed by atoms with Crippen LogP contribution >= 0.6 is 22.9 Å². The van der Waals surface area contributed by atoms with E-state index in [1.165, 1.54) is 4.90 Å². The molecule has 6 rings (SSSR count). The summed E-state index contributed by atoms with van der Waals surface area (Å²) >= 11 is 8.41. The molecule has 3 aliphatic heterocycles. The highest BCUT2D eigenvalue weighted by molar-refractivity contribution is 7.13. The van der Waals surface area contributed by atoms with E-state index in [0.29, 0.717) is 42.9 Å². The first kappa shape index (κ1) is 52.3. The van der Waals surface area contributed by atoms with Crippen molar-refractivity contribution in [1.82, 2.24) is 30.7 Å². The summed E-state index contributed by atoms with van der Waals surface area (Å²) in [7, 11) is 0. The second kappa shape index (κ2) is 23.5. The molecule has 8 atom stereocenters. The zero-order valence-electron chi connectivity index (χ0n) is 39.9. The minimum absolute atomic E-state index is 0.00370. The molecule has 0 spiro atoms. The Bertz CT molecular complexity index is 2270.